The third-order valence-electron chi connectivity index (χ3n) is 3.59. The van der Waals surface area contributed by atoms with Crippen LogP contribution in [0.4, 0.5) is 0 Å². The molecule has 8 heteroatoms. The molecule has 0 radical (unpaired) electrons. The fourth-order valence-corrected chi connectivity index (χ4v) is 5.17. The van der Waals surface area contributed by atoms with Gasteiger partial charge in [0.15, 0.2) is 0 Å². The number of hydrogen-bond donors (Lipinski definition) is 0. The predicted molar refractivity (Wildman–Crippen MR) is 84.8 cm³/mol. The Kier molecular flexibility index (Phi) is 4.41. The highest BCUT2D eigenvalue weighted by atomic mass is 79.9. The molecular formula is C13H16BrClN2O3S. The lowest BCUT2D eigenvalue weighted by Gasteiger charge is -2.43. The largest absolute Gasteiger partial charge is 0.343 e. The molecule has 1 aromatic carbocycles. The average molecular weight is 396 g/mol. The first kappa shape index (κ1) is 16.7. The predicted octanol–water partition coefficient (Wildman–Crippen LogP) is 2.34. The second kappa shape index (κ2) is 5.53. The fourth-order valence-electron chi connectivity index (χ4n) is 2.42. The molecule has 0 aromatic heterocycles. The van der Waals surface area contributed by atoms with Crippen molar-refractivity contribution in [3.8, 4) is 0 Å². The maximum absolute atomic E-state index is 12.8. The molecule has 0 spiro atoms. The van der Waals surface area contributed by atoms with Crippen LogP contribution < -0.4 is 0 Å². The van der Waals surface area contributed by atoms with Gasteiger partial charge < -0.3 is 4.90 Å². The summed E-state index contributed by atoms with van der Waals surface area (Å²) in [5.41, 5.74) is -1.14. The van der Waals surface area contributed by atoms with E-state index in [-0.39, 0.29) is 22.4 Å². The molecular weight excluding hydrogens is 380 g/mol. The van der Waals surface area contributed by atoms with E-state index >= 15 is 0 Å². The lowest BCUT2D eigenvalue weighted by atomic mass is 10.0. The number of amides is 1. The van der Waals surface area contributed by atoms with Gasteiger partial charge in [0.05, 0.1) is 5.02 Å². The van der Waals surface area contributed by atoms with E-state index in [1.807, 2.05) is 0 Å². The van der Waals surface area contributed by atoms with Crippen molar-refractivity contribution in [1.29, 1.82) is 0 Å². The maximum atomic E-state index is 12.8. The van der Waals surface area contributed by atoms with Crippen molar-refractivity contribution < 1.29 is 13.2 Å². The van der Waals surface area contributed by atoms with Gasteiger partial charge in [-0.2, -0.15) is 4.31 Å². The van der Waals surface area contributed by atoms with E-state index in [1.54, 1.807) is 27.0 Å². The van der Waals surface area contributed by atoms with Gasteiger partial charge in [-0.3, -0.25) is 4.79 Å². The molecule has 0 N–H and O–H groups in total. The molecule has 116 valence electrons. The molecule has 0 saturated carbocycles. The van der Waals surface area contributed by atoms with Gasteiger partial charge in [-0.25, -0.2) is 8.42 Å². The number of likely N-dealkylation sites (N-methyl/N-ethyl adjacent to an activating group) is 1. The summed E-state index contributed by atoms with van der Waals surface area (Å²) in [5, 5.41) is 0.131. The summed E-state index contributed by atoms with van der Waals surface area (Å²) in [6, 6.07) is 4.59. The number of sulfonamides is 1. The molecule has 0 atom stereocenters. The van der Waals surface area contributed by atoms with Gasteiger partial charge in [-0.05, 0) is 32.0 Å². The van der Waals surface area contributed by atoms with Crippen LogP contribution in [0.1, 0.15) is 13.8 Å². The Hall–Kier alpha value is -0.630. The highest BCUT2D eigenvalue weighted by Crippen LogP contribution is 2.33. The fraction of sp³-hybridized carbons (Fsp3) is 0.462. The van der Waals surface area contributed by atoms with E-state index in [9.17, 15) is 13.2 Å². The molecule has 2 rings (SSSR count). The highest BCUT2D eigenvalue weighted by Gasteiger charge is 2.47. The van der Waals surface area contributed by atoms with Crippen LogP contribution in [0.2, 0.25) is 5.02 Å². The lowest BCUT2D eigenvalue weighted by Crippen LogP contribution is -2.63. The van der Waals surface area contributed by atoms with Crippen LogP contribution in [0.5, 0.6) is 0 Å². The second-order valence-corrected chi connectivity index (χ2v) is 8.59. The van der Waals surface area contributed by atoms with Gasteiger partial charge in [0.25, 0.3) is 0 Å². The SMILES string of the molecule is CN1CCN(S(=O)(=O)c2ccc(Br)cc2Cl)C(C)(C)C1=O. The third kappa shape index (κ3) is 2.84. The Labute approximate surface area is 138 Å². The number of hydrogen-bond acceptors (Lipinski definition) is 3. The number of rotatable bonds is 2. The highest BCUT2D eigenvalue weighted by molar-refractivity contribution is 9.10. The van der Waals surface area contributed by atoms with Crippen molar-refractivity contribution >= 4 is 43.5 Å². The monoisotopic (exact) mass is 394 g/mol. The summed E-state index contributed by atoms with van der Waals surface area (Å²) in [6.45, 7) is 3.81. The zero-order chi connectivity index (χ0) is 16.0. The van der Waals surface area contributed by atoms with Gasteiger partial charge in [0, 0.05) is 24.6 Å². The van der Waals surface area contributed by atoms with Crippen molar-refractivity contribution in [1.82, 2.24) is 9.21 Å². The van der Waals surface area contributed by atoms with Crippen molar-refractivity contribution in [3.63, 3.8) is 0 Å². The van der Waals surface area contributed by atoms with Crippen LogP contribution in [0.15, 0.2) is 27.6 Å². The number of carbonyl (C=O) groups excluding carboxylic acids is 1. The quantitative estimate of drug-likeness (QED) is 0.772. The Balaban J connectivity index is 2.51. The molecule has 1 saturated heterocycles. The second-order valence-electron chi connectivity index (χ2n) is 5.44. The molecule has 1 aliphatic rings. The minimum atomic E-state index is -3.84. The van der Waals surface area contributed by atoms with E-state index in [0.29, 0.717) is 11.0 Å². The molecule has 21 heavy (non-hydrogen) atoms. The minimum absolute atomic E-state index is 0.0118. The minimum Gasteiger partial charge on any atom is -0.343 e. The Bertz CT molecular complexity index is 691. The van der Waals surface area contributed by atoms with E-state index in [4.69, 9.17) is 11.6 Å². The molecule has 0 aliphatic carbocycles. The van der Waals surface area contributed by atoms with Gasteiger partial charge in [0.2, 0.25) is 15.9 Å². The van der Waals surface area contributed by atoms with E-state index in [2.05, 4.69) is 15.9 Å². The molecule has 1 fully saturated rings. The number of halogens is 2. The summed E-state index contributed by atoms with van der Waals surface area (Å²) in [7, 11) is -2.17. The molecule has 1 aliphatic heterocycles. The summed E-state index contributed by atoms with van der Waals surface area (Å²) in [6.07, 6.45) is 0. The number of piperazine rings is 1. The number of benzene rings is 1. The summed E-state index contributed by atoms with van der Waals surface area (Å²) in [5.74, 6) is -0.231. The molecule has 1 amide bonds. The first-order valence-electron chi connectivity index (χ1n) is 6.32. The Morgan fingerprint density at radius 2 is 1.90 bits per heavy atom. The van der Waals surface area contributed by atoms with Crippen LogP contribution in [-0.4, -0.2) is 49.2 Å². The van der Waals surface area contributed by atoms with Gasteiger partial charge in [0.1, 0.15) is 10.4 Å². The van der Waals surface area contributed by atoms with E-state index < -0.39 is 15.6 Å². The third-order valence-corrected chi connectivity index (χ3v) is 6.64. The molecule has 5 nitrogen and oxygen atoms in total. The van der Waals surface area contributed by atoms with Crippen molar-refractivity contribution in [2.75, 3.05) is 20.1 Å². The zero-order valence-corrected chi connectivity index (χ0v) is 15.1. The van der Waals surface area contributed by atoms with Crippen LogP contribution in [0.3, 0.4) is 0 Å². The maximum Gasteiger partial charge on any atom is 0.245 e. The van der Waals surface area contributed by atoms with Crippen LogP contribution >= 0.6 is 27.5 Å². The molecule has 0 bridgehead atoms. The Morgan fingerprint density at radius 1 is 1.29 bits per heavy atom. The summed E-state index contributed by atoms with van der Waals surface area (Å²) in [4.78, 5) is 13.8. The van der Waals surface area contributed by atoms with Gasteiger partial charge in [-0.1, -0.05) is 27.5 Å². The van der Waals surface area contributed by atoms with Gasteiger partial charge in [-0.15, -0.1) is 0 Å². The first-order chi connectivity index (χ1) is 9.58. The topological polar surface area (TPSA) is 57.7 Å². The average Bonchev–Trinajstić information content (AvgIpc) is 2.35. The Morgan fingerprint density at radius 3 is 2.48 bits per heavy atom. The van der Waals surface area contributed by atoms with E-state index in [1.165, 1.54) is 21.3 Å². The van der Waals surface area contributed by atoms with Crippen molar-refractivity contribution in [3.05, 3.63) is 27.7 Å². The van der Waals surface area contributed by atoms with Crippen LogP contribution in [0.25, 0.3) is 0 Å². The number of nitrogens with zero attached hydrogens (tertiary/aromatic N) is 2. The van der Waals surface area contributed by atoms with Gasteiger partial charge >= 0.3 is 0 Å². The van der Waals surface area contributed by atoms with Crippen LogP contribution in [-0.2, 0) is 14.8 Å². The normalized spacial score (nSPS) is 19.9. The smallest absolute Gasteiger partial charge is 0.245 e. The van der Waals surface area contributed by atoms with Crippen LogP contribution in [0, 0.1) is 0 Å². The molecule has 1 aromatic rings. The summed E-state index contributed by atoms with van der Waals surface area (Å²) >= 11 is 9.31. The standard InChI is InChI=1S/C13H16BrClN2O3S/c1-13(2)12(18)16(3)6-7-17(13)21(19,20)11-5-4-9(14)8-10(11)15/h4-5,8H,6-7H2,1-3H3. The molecule has 0 unspecified atom stereocenters. The summed E-state index contributed by atoms with van der Waals surface area (Å²) < 4.78 is 27.6. The van der Waals surface area contributed by atoms with Crippen molar-refractivity contribution in [2.45, 2.75) is 24.3 Å². The molecule has 1 heterocycles. The zero-order valence-electron chi connectivity index (χ0n) is 11.9. The first-order valence-corrected chi connectivity index (χ1v) is 8.93. The lowest BCUT2D eigenvalue weighted by molar-refractivity contribution is -0.142. The number of carbonyl (C=O) groups is 1. The van der Waals surface area contributed by atoms with Crippen molar-refractivity contribution in [2.24, 2.45) is 0 Å². The van der Waals surface area contributed by atoms with E-state index in [0.717, 1.165) is 0 Å².